The molecule has 2 aromatic carbocycles. The Morgan fingerprint density at radius 3 is 2.08 bits per heavy atom. The van der Waals surface area contributed by atoms with Gasteiger partial charge in [-0.3, -0.25) is 5.32 Å². The Morgan fingerprint density at radius 2 is 1.54 bits per heavy atom. The summed E-state index contributed by atoms with van der Waals surface area (Å²) in [4.78, 5) is 12.4. The molecule has 0 aliphatic carbocycles. The first kappa shape index (κ1) is 15.8. The van der Waals surface area contributed by atoms with Crippen LogP contribution in [0.2, 0.25) is 0 Å². The molecule has 3 rings (SSSR count). The highest BCUT2D eigenvalue weighted by Gasteiger charge is 2.17. The van der Waals surface area contributed by atoms with Crippen molar-refractivity contribution in [3.63, 3.8) is 0 Å². The number of hydrogen-bond acceptors (Lipinski definition) is 3. The molecule has 0 fully saturated rings. The lowest BCUT2D eigenvalue weighted by Crippen LogP contribution is -2.33. The lowest BCUT2D eigenvalue weighted by Gasteiger charge is -2.20. The summed E-state index contributed by atoms with van der Waals surface area (Å²) < 4.78 is 0. The number of rotatable bonds is 4. The average molecular weight is 333 g/mol. The van der Waals surface area contributed by atoms with Crippen molar-refractivity contribution in [3.8, 4) is 6.07 Å². The highest BCUT2D eigenvalue weighted by molar-refractivity contribution is 7.14. The molecule has 118 valence electrons. The number of amides is 2. The maximum atomic E-state index is 12.4. The minimum atomic E-state index is -0.341. The van der Waals surface area contributed by atoms with Crippen molar-refractivity contribution in [2.45, 2.75) is 6.04 Å². The topological polar surface area (TPSA) is 64.9 Å². The van der Waals surface area contributed by atoms with Crippen LogP contribution in [0, 0.1) is 11.3 Å². The second kappa shape index (κ2) is 7.44. The minimum absolute atomic E-state index is 0.266. The van der Waals surface area contributed by atoms with Gasteiger partial charge in [-0.05, 0) is 22.6 Å². The first-order valence-electron chi connectivity index (χ1n) is 7.43. The van der Waals surface area contributed by atoms with Gasteiger partial charge in [0.05, 0.1) is 11.6 Å². The van der Waals surface area contributed by atoms with Crippen LogP contribution < -0.4 is 10.6 Å². The van der Waals surface area contributed by atoms with E-state index < -0.39 is 0 Å². The van der Waals surface area contributed by atoms with Crippen LogP contribution >= 0.6 is 11.3 Å². The Morgan fingerprint density at radius 1 is 0.958 bits per heavy atom. The van der Waals surface area contributed by atoms with Gasteiger partial charge in [0.25, 0.3) is 0 Å². The summed E-state index contributed by atoms with van der Waals surface area (Å²) in [7, 11) is 0. The number of carbonyl (C=O) groups is 1. The van der Waals surface area contributed by atoms with Gasteiger partial charge in [0, 0.05) is 0 Å². The van der Waals surface area contributed by atoms with Gasteiger partial charge < -0.3 is 5.32 Å². The van der Waals surface area contributed by atoms with E-state index in [2.05, 4.69) is 16.7 Å². The number of nitriles is 1. The number of hydrogen-bond donors (Lipinski definition) is 2. The van der Waals surface area contributed by atoms with E-state index in [9.17, 15) is 4.79 Å². The van der Waals surface area contributed by atoms with Gasteiger partial charge in [0.1, 0.15) is 11.1 Å². The number of anilines is 1. The van der Waals surface area contributed by atoms with Crippen LogP contribution in [-0.4, -0.2) is 6.03 Å². The van der Waals surface area contributed by atoms with E-state index in [1.807, 2.05) is 60.7 Å². The molecule has 2 amide bonds. The van der Waals surface area contributed by atoms with Crippen molar-refractivity contribution in [1.29, 1.82) is 5.26 Å². The third-order valence-electron chi connectivity index (χ3n) is 3.55. The number of nitrogens with one attached hydrogen (secondary N) is 2. The summed E-state index contributed by atoms with van der Waals surface area (Å²) in [6.45, 7) is 0. The van der Waals surface area contributed by atoms with Crippen molar-refractivity contribution in [3.05, 3.63) is 88.8 Å². The first-order valence-corrected chi connectivity index (χ1v) is 8.31. The van der Waals surface area contributed by atoms with Gasteiger partial charge in [0.15, 0.2) is 0 Å². The Kier molecular flexibility index (Phi) is 4.90. The summed E-state index contributed by atoms with van der Waals surface area (Å²) in [6, 6.07) is 22.7. The zero-order valence-electron chi connectivity index (χ0n) is 12.8. The molecule has 0 radical (unpaired) electrons. The van der Waals surface area contributed by atoms with E-state index in [0.29, 0.717) is 10.6 Å². The van der Waals surface area contributed by atoms with Crippen LogP contribution in [0.1, 0.15) is 22.7 Å². The zero-order chi connectivity index (χ0) is 16.8. The normalized spacial score (nSPS) is 10.2. The summed E-state index contributed by atoms with van der Waals surface area (Å²) in [5.74, 6) is 0. The smallest absolute Gasteiger partial charge is 0.320 e. The fourth-order valence-electron chi connectivity index (χ4n) is 2.41. The molecular formula is C19H15N3OS. The molecule has 0 saturated heterocycles. The standard InChI is InChI=1S/C19H15N3OS/c20-13-16-11-12-24-18(16)22-19(23)21-17(14-7-3-1-4-8-14)15-9-5-2-6-10-15/h1-12,17H,(H2,21,22,23). The minimum Gasteiger partial charge on any atom is -0.327 e. The predicted molar refractivity (Wildman–Crippen MR) is 95.9 cm³/mol. The Hall–Kier alpha value is -3.10. The molecule has 0 saturated carbocycles. The molecule has 1 heterocycles. The monoisotopic (exact) mass is 333 g/mol. The zero-order valence-corrected chi connectivity index (χ0v) is 13.6. The summed E-state index contributed by atoms with van der Waals surface area (Å²) in [6.07, 6.45) is 0. The predicted octanol–water partition coefficient (Wildman–Crippen LogP) is 4.53. The summed E-state index contributed by atoms with van der Waals surface area (Å²) >= 11 is 1.33. The van der Waals surface area contributed by atoms with Crippen LogP contribution in [0.4, 0.5) is 9.80 Å². The largest absolute Gasteiger partial charge is 0.327 e. The molecule has 24 heavy (non-hydrogen) atoms. The van der Waals surface area contributed by atoms with Crippen LogP contribution in [0.3, 0.4) is 0 Å². The highest BCUT2D eigenvalue weighted by Crippen LogP contribution is 2.24. The number of carbonyl (C=O) groups excluding carboxylic acids is 1. The van der Waals surface area contributed by atoms with Crippen molar-refractivity contribution in [1.82, 2.24) is 5.32 Å². The number of urea groups is 1. The number of nitrogens with zero attached hydrogens (tertiary/aromatic N) is 1. The summed E-state index contributed by atoms with van der Waals surface area (Å²) in [5.41, 5.74) is 2.45. The van der Waals surface area contributed by atoms with Gasteiger partial charge >= 0.3 is 6.03 Å². The molecule has 4 nitrogen and oxygen atoms in total. The van der Waals surface area contributed by atoms with Crippen molar-refractivity contribution < 1.29 is 4.79 Å². The fourth-order valence-corrected chi connectivity index (χ4v) is 3.15. The van der Waals surface area contributed by atoms with Crippen LogP contribution in [0.5, 0.6) is 0 Å². The molecule has 5 heteroatoms. The van der Waals surface area contributed by atoms with Crippen molar-refractivity contribution in [2.24, 2.45) is 0 Å². The Labute approximate surface area is 144 Å². The van der Waals surface area contributed by atoms with E-state index >= 15 is 0 Å². The van der Waals surface area contributed by atoms with Gasteiger partial charge in [0.2, 0.25) is 0 Å². The van der Waals surface area contributed by atoms with Gasteiger partial charge in [-0.15, -0.1) is 11.3 Å². The van der Waals surface area contributed by atoms with Gasteiger partial charge in [-0.1, -0.05) is 60.7 Å². The van der Waals surface area contributed by atoms with Gasteiger partial charge in [-0.2, -0.15) is 5.26 Å². The van der Waals surface area contributed by atoms with E-state index in [-0.39, 0.29) is 12.1 Å². The molecule has 0 aliphatic rings. The van der Waals surface area contributed by atoms with E-state index in [4.69, 9.17) is 5.26 Å². The molecule has 1 aromatic heterocycles. The lowest BCUT2D eigenvalue weighted by atomic mass is 9.99. The molecule has 2 N–H and O–H groups in total. The fraction of sp³-hybridized carbons (Fsp3) is 0.0526. The van der Waals surface area contributed by atoms with Crippen LogP contribution in [0.25, 0.3) is 0 Å². The molecule has 3 aromatic rings. The first-order chi connectivity index (χ1) is 11.8. The lowest BCUT2D eigenvalue weighted by molar-refractivity contribution is 0.250. The van der Waals surface area contributed by atoms with Crippen LogP contribution in [0.15, 0.2) is 72.1 Å². The number of benzene rings is 2. The SMILES string of the molecule is N#Cc1ccsc1NC(=O)NC(c1ccccc1)c1ccccc1. The molecule has 0 unspecified atom stereocenters. The second-order valence-corrected chi connectivity index (χ2v) is 6.04. The maximum absolute atomic E-state index is 12.4. The third-order valence-corrected chi connectivity index (χ3v) is 4.38. The molecule has 0 aliphatic heterocycles. The second-order valence-electron chi connectivity index (χ2n) is 5.13. The van der Waals surface area contributed by atoms with Crippen LogP contribution in [-0.2, 0) is 0 Å². The number of thiophene rings is 1. The third kappa shape index (κ3) is 3.62. The van der Waals surface area contributed by atoms with E-state index in [0.717, 1.165) is 11.1 Å². The van der Waals surface area contributed by atoms with Gasteiger partial charge in [-0.25, -0.2) is 4.79 Å². The maximum Gasteiger partial charge on any atom is 0.320 e. The average Bonchev–Trinajstić information content (AvgIpc) is 3.08. The Balaban J connectivity index is 1.82. The quantitative estimate of drug-likeness (QED) is 0.736. The molecule has 0 spiro atoms. The molecule has 0 bridgehead atoms. The van der Waals surface area contributed by atoms with Crippen molar-refractivity contribution >= 4 is 22.4 Å². The van der Waals surface area contributed by atoms with E-state index in [1.54, 1.807) is 11.4 Å². The van der Waals surface area contributed by atoms with Crippen molar-refractivity contribution in [2.75, 3.05) is 5.32 Å². The summed E-state index contributed by atoms with van der Waals surface area (Å²) in [5, 5.41) is 17.1. The van der Waals surface area contributed by atoms with E-state index in [1.165, 1.54) is 11.3 Å². The Bertz CT molecular complexity index is 814. The highest BCUT2D eigenvalue weighted by atomic mass is 32.1. The molecule has 0 atom stereocenters. The molecular weight excluding hydrogens is 318 g/mol.